The van der Waals surface area contributed by atoms with E-state index in [0.717, 1.165) is 11.1 Å². The Bertz CT molecular complexity index is 1390. The third-order valence-corrected chi connectivity index (χ3v) is 6.62. The number of pyridine rings is 1. The second-order valence-corrected chi connectivity index (χ2v) is 8.74. The number of rotatable bonds is 7. The molecule has 1 aliphatic rings. The number of fused-ring (bicyclic) bond motifs is 1. The summed E-state index contributed by atoms with van der Waals surface area (Å²) in [5.41, 5.74) is 3.59. The quantitative estimate of drug-likeness (QED) is 0.396. The monoisotopic (exact) mass is 493 g/mol. The molecule has 186 valence electrons. The molecule has 0 bridgehead atoms. The van der Waals surface area contributed by atoms with Gasteiger partial charge >= 0.3 is 0 Å². The molecule has 0 radical (unpaired) electrons. The van der Waals surface area contributed by atoms with Crippen molar-refractivity contribution < 1.29 is 19.1 Å². The molecule has 3 aromatic carbocycles. The van der Waals surface area contributed by atoms with E-state index in [0.29, 0.717) is 34.9 Å². The minimum absolute atomic E-state index is 0.169. The van der Waals surface area contributed by atoms with Crippen molar-refractivity contribution in [1.29, 1.82) is 0 Å². The lowest BCUT2D eigenvalue weighted by molar-refractivity contribution is -0.123. The molecule has 0 spiro atoms. The molecule has 1 aromatic heterocycles. The molecule has 1 aliphatic heterocycles. The molecule has 5 rings (SSSR count). The smallest absolute Gasteiger partial charge is 0.259 e. The fraction of sp³-hybridized carbons (Fsp3) is 0.167. The van der Waals surface area contributed by atoms with Crippen molar-refractivity contribution in [2.24, 2.45) is 0 Å². The summed E-state index contributed by atoms with van der Waals surface area (Å²) in [6, 6.07) is 25.3. The third kappa shape index (κ3) is 4.76. The molecule has 37 heavy (non-hydrogen) atoms. The number of hydrogen-bond donors (Lipinski definition) is 1. The topological polar surface area (TPSA) is 80.8 Å². The van der Waals surface area contributed by atoms with E-state index in [2.05, 4.69) is 10.3 Å². The van der Waals surface area contributed by atoms with Gasteiger partial charge in [-0.05, 0) is 65.2 Å². The summed E-state index contributed by atoms with van der Waals surface area (Å²) in [7, 11) is 3.20. The summed E-state index contributed by atoms with van der Waals surface area (Å²) in [6.45, 7) is 0.331. The highest BCUT2D eigenvalue weighted by Gasteiger charge is 2.44. The van der Waals surface area contributed by atoms with Gasteiger partial charge in [-0.2, -0.15) is 0 Å². The lowest BCUT2D eigenvalue weighted by Gasteiger charge is -2.42. The highest BCUT2D eigenvalue weighted by molar-refractivity contribution is 6.11. The molecule has 0 fully saturated rings. The van der Waals surface area contributed by atoms with Gasteiger partial charge in [-0.25, -0.2) is 0 Å². The number of nitrogens with one attached hydrogen (secondary N) is 1. The van der Waals surface area contributed by atoms with Crippen LogP contribution in [0, 0.1) is 0 Å². The molecular formula is C30H27N3O4. The van der Waals surface area contributed by atoms with Crippen LogP contribution in [0.25, 0.3) is 0 Å². The van der Waals surface area contributed by atoms with Gasteiger partial charge in [-0.1, -0.05) is 36.4 Å². The number of hydrogen-bond acceptors (Lipinski definition) is 5. The predicted molar refractivity (Wildman–Crippen MR) is 141 cm³/mol. The van der Waals surface area contributed by atoms with Gasteiger partial charge in [0, 0.05) is 30.2 Å². The lowest BCUT2D eigenvalue weighted by atomic mass is 9.78. The van der Waals surface area contributed by atoms with Crippen molar-refractivity contribution in [3.63, 3.8) is 0 Å². The SMILES string of the molecule is COc1ccc(C2C(C(=O)NCc3cccnc3)c3ccccc3C(=O)N2c2ccc(OC)cc2)cc1. The average molecular weight is 494 g/mol. The average Bonchev–Trinajstić information content (AvgIpc) is 2.96. The van der Waals surface area contributed by atoms with Crippen LogP contribution >= 0.6 is 0 Å². The second-order valence-electron chi connectivity index (χ2n) is 8.74. The van der Waals surface area contributed by atoms with Crippen LogP contribution < -0.4 is 19.7 Å². The van der Waals surface area contributed by atoms with E-state index in [9.17, 15) is 9.59 Å². The largest absolute Gasteiger partial charge is 0.497 e. The Morgan fingerprint density at radius 1 is 0.892 bits per heavy atom. The first-order valence-corrected chi connectivity index (χ1v) is 12.0. The number of amides is 2. The van der Waals surface area contributed by atoms with Crippen molar-refractivity contribution in [3.8, 4) is 11.5 Å². The molecule has 2 amide bonds. The maximum atomic E-state index is 14.0. The van der Waals surface area contributed by atoms with Crippen molar-refractivity contribution >= 4 is 17.5 Å². The molecule has 7 nitrogen and oxygen atoms in total. The number of carbonyl (C=O) groups is 2. The zero-order valence-corrected chi connectivity index (χ0v) is 20.6. The molecule has 4 aromatic rings. The van der Waals surface area contributed by atoms with Crippen LogP contribution in [-0.4, -0.2) is 31.0 Å². The Kier molecular flexibility index (Phi) is 6.85. The molecule has 1 N–H and O–H groups in total. The summed E-state index contributed by atoms with van der Waals surface area (Å²) < 4.78 is 10.7. The number of carbonyl (C=O) groups excluding carboxylic acids is 2. The maximum Gasteiger partial charge on any atom is 0.259 e. The van der Waals surface area contributed by atoms with E-state index in [1.165, 1.54) is 0 Å². The number of benzene rings is 3. The van der Waals surface area contributed by atoms with Crippen LogP contribution in [0.5, 0.6) is 11.5 Å². The Morgan fingerprint density at radius 2 is 1.57 bits per heavy atom. The van der Waals surface area contributed by atoms with E-state index >= 15 is 0 Å². The first-order valence-electron chi connectivity index (χ1n) is 12.0. The van der Waals surface area contributed by atoms with E-state index < -0.39 is 12.0 Å². The summed E-state index contributed by atoms with van der Waals surface area (Å²) in [5, 5.41) is 3.08. The molecule has 0 aliphatic carbocycles. The Hall–Kier alpha value is -4.65. The molecule has 0 saturated heterocycles. The van der Waals surface area contributed by atoms with Gasteiger partial charge in [0.1, 0.15) is 11.5 Å². The maximum absolute atomic E-state index is 14.0. The second kappa shape index (κ2) is 10.5. The van der Waals surface area contributed by atoms with E-state index in [4.69, 9.17) is 9.47 Å². The summed E-state index contributed by atoms with van der Waals surface area (Å²) in [5.74, 6) is 0.377. The van der Waals surface area contributed by atoms with Crippen LogP contribution in [0.1, 0.15) is 39.0 Å². The molecule has 2 unspecified atom stereocenters. The van der Waals surface area contributed by atoms with Crippen LogP contribution in [0.2, 0.25) is 0 Å². The van der Waals surface area contributed by atoms with Crippen LogP contribution in [0.3, 0.4) is 0 Å². The molecule has 0 saturated carbocycles. The van der Waals surface area contributed by atoms with E-state index in [1.807, 2.05) is 78.9 Å². The van der Waals surface area contributed by atoms with Crippen LogP contribution in [0.4, 0.5) is 5.69 Å². The zero-order chi connectivity index (χ0) is 25.8. The van der Waals surface area contributed by atoms with Gasteiger partial charge < -0.3 is 14.8 Å². The van der Waals surface area contributed by atoms with Gasteiger partial charge in [-0.3, -0.25) is 19.5 Å². The lowest BCUT2D eigenvalue weighted by Crippen LogP contribution is -2.47. The molecule has 7 heteroatoms. The first-order chi connectivity index (χ1) is 18.1. The number of aromatic nitrogens is 1. The Morgan fingerprint density at radius 3 is 2.22 bits per heavy atom. The Labute approximate surface area is 215 Å². The summed E-state index contributed by atoms with van der Waals surface area (Å²) >= 11 is 0. The van der Waals surface area contributed by atoms with Gasteiger partial charge in [0.05, 0.1) is 26.2 Å². The number of nitrogens with zero attached hydrogens (tertiary/aromatic N) is 2. The minimum Gasteiger partial charge on any atom is -0.497 e. The summed E-state index contributed by atoms with van der Waals surface area (Å²) in [4.78, 5) is 33.7. The highest BCUT2D eigenvalue weighted by Crippen LogP contribution is 2.45. The summed E-state index contributed by atoms with van der Waals surface area (Å²) in [6.07, 6.45) is 3.42. The predicted octanol–water partition coefficient (Wildman–Crippen LogP) is 4.90. The van der Waals surface area contributed by atoms with Gasteiger partial charge in [0.2, 0.25) is 5.91 Å². The number of methoxy groups -OCH3 is 2. The number of anilines is 1. The van der Waals surface area contributed by atoms with Gasteiger partial charge in [0.25, 0.3) is 5.91 Å². The normalized spacial score (nSPS) is 16.6. The van der Waals surface area contributed by atoms with E-state index in [1.54, 1.807) is 37.6 Å². The molecular weight excluding hydrogens is 466 g/mol. The first kappa shape index (κ1) is 24.1. The highest BCUT2D eigenvalue weighted by atomic mass is 16.5. The minimum atomic E-state index is -0.652. The van der Waals surface area contributed by atoms with Crippen LogP contribution in [0.15, 0.2) is 97.3 Å². The van der Waals surface area contributed by atoms with Gasteiger partial charge in [0.15, 0.2) is 0 Å². The van der Waals surface area contributed by atoms with Gasteiger partial charge in [-0.15, -0.1) is 0 Å². The fourth-order valence-corrected chi connectivity index (χ4v) is 4.79. The molecule has 2 heterocycles. The van der Waals surface area contributed by atoms with Crippen molar-refractivity contribution in [2.75, 3.05) is 19.1 Å². The van der Waals surface area contributed by atoms with Crippen molar-refractivity contribution in [3.05, 3.63) is 120 Å². The zero-order valence-electron chi connectivity index (χ0n) is 20.6. The number of ether oxygens (including phenoxy) is 2. The third-order valence-electron chi connectivity index (χ3n) is 6.62. The fourth-order valence-electron chi connectivity index (χ4n) is 4.79. The molecule has 2 atom stereocenters. The standard InChI is InChI=1S/C30H27N3O4/c1-36-23-13-9-21(10-14-23)28-27(29(34)32-19-20-6-5-17-31-18-20)25-7-3-4-8-26(25)30(35)33(28)22-11-15-24(37-2)16-12-22/h3-18,27-28H,19H2,1-2H3,(H,32,34). The van der Waals surface area contributed by atoms with Crippen LogP contribution in [-0.2, 0) is 11.3 Å². The van der Waals surface area contributed by atoms with E-state index in [-0.39, 0.29) is 11.8 Å². The Balaban J connectivity index is 1.63. The van der Waals surface area contributed by atoms with Crippen molar-refractivity contribution in [1.82, 2.24) is 10.3 Å². The van der Waals surface area contributed by atoms with Crippen molar-refractivity contribution in [2.45, 2.75) is 18.5 Å².